The third-order valence-corrected chi connectivity index (χ3v) is 4.94. The van der Waals surface area contributed by atoms with Gasteiger partial charge in [-0.25, -0.2) is 0 Å². The molecule has 136 valence electrons. The van der Waals surface area contributed by atoms with Crippen molar-refractivity contribution in [1.82, 2.24) is 4.90 Å². The first kappa shape index (κ1) is 18.5. The van der Waals surface area contributed by atoms with Crippen LogP contribution in [0.3, 0.4) is 0 Å². The molecule has 0 aromatic heterocycles. The Labute approximate surface area is 154 Å². The molecule has 0 spiro atoms. The van der Waals surface area contributed by atoms with Gasteiger partial charge in [-0.05, 0) is 41.8 Å². The average molecular weight is 377 g/mol. The van der Waals surface area contributed by atoms with E-state index in [1.807, 2.05) is 25.2 Å². The molecule has 0 atom stereocenters. The van der Waals surface area contributed by atoms with Crippen LogP contribution >= 0.6 is 11.8 Å². The Hall–Kier alpha value is -2.28. The maximum Gasteiger partial charge on any atom is 0.416 e. The van der Waals surface area contributed by atoms with Gasteiger partial charge in [0.2, 0.25) is 0 Å². The number of hydrogen-bond donors (Lipinski definition) is 1. The van der Waals surface area contributed by atoms with Crippen molar-refractivity contribution < 1.29 is 13.2 Å². The van der Waals surface area contributed by atoms with E-state index >= 15 is 0 Å². The van der Waals surface area contributed by atoms with Crippen LogP contribution in [-0.4, -0.2) is 36.4 Å². The number of nitrogens with one attached hydrogen (secondary N) is 1. The van der Waals surface area contributed by atoms with E-state index < -0.39 is 11.7 Å². The molecule has 2 aromatic carbocycles. The summed E-state index contributed by atoms with van der Waals surface area (Å²) >= 11 is 1.27. The second-order valence-corrected chi connectivity index (χ2v) is 6.91. The molecule has 0 unspecified atom stereocenters. The summed E-state index contributed by atoms with van der Waals surface area (Å²) < 4.78 is 38.2. The summed E-state index contributed by atoms with van der Waals surface area (Å²) in [5, 5.41) is 7.43. The van der Waals surface area contributed by atoms with Gasteiger partial charge < -0.3 is 10.3 Å². The van der Waals surface area contributed by atoms with E-state index in [0.717, 1.165) is 53.5 Å². The fourth-order valence-corrected chi connectivity index (χ4v) is 3.52. The molecule has 7 heteroatoms. The molecular formula is C19H18F3N3S. The molecule has 0 saturated heterocycles. The summed E-state index contributed by atoms with van der Waals surface area (Å²) in [6, 6.07) is 10.8. The SMILES string of the molecule is CN1CCCN=C1c1ccc(-c2ccc(C(F)(F)F)cc2)cc1SC=N. The highest BCUT2D eigenvalue weighted by atomic mass is 32.2. The molecule has 3 rings (SSSR count). The van der Waals surface area contributed by atoms with Crippen LogP contribution in [0.5, 0.6) is 0 Å². The predicted molar refractivity (Wildman–Crippen MR) is 100 cm³/mol. The van der Waals surface area contributed by atoms with Crippen molar-refractivity contribution >= 4 is 23.1 Å². The summed E-state index contributed by atoms with van der Waals surface area (Å²) in [5.41, 5.74) is 3.04. The topological polar surface area (TPSA) is 39.5 Å². The van der Waals surface area contributed by atoms with Gasteiger partial charge in [0, 0.05) is 30.6 Å². The number of nitrogens with zero attached hydrogens (tertiary/aromatic N) is 2. The first-order valence-corrected chi connectivity index (χ1v) is 9.01. The van der Waals surface area contributed by atoms with Crippen molar-refractivity contribution in [3.8, 4) is 11.1 Å². The summed E-state index contributed by atoms with van der Waals surface area (Å²) in [5.74, 6) is 0.888. The lowest BCUT2D eigenvalue weighted by atomic mass is 10.0. The summed E-state index contributed by atoms with van der Waals surface area (Å²) in [4.78, 5) is 7.55. The van der Waals surface area contributed by atoms with E-state index in [9.17, 15) is 13.2 Å². The monoisotopic (exact) mass is 377 g/mol. The highest BCUT2D eigenvalue weighted by molar-refractivity contribution is 8.12. The molecule has 1 aliphatic rings. The van der Waals surface area contributed by atoms with Crippen LogP contribution in [0.2, 0.25) is 0 Å². The van der Waals surface area contributed by atoms with Gasteiger partial charge in [0.05, 0.1) is 11.1 Å². The number of thioether (sulfide) groups is 1. The molecule has 2 aromatic rings. The van der Waals surface area contributed by atoms with Gasteiger partial charge in [0.1, 0.15) is 5.84 Å². The predicted octanol–water partition coefficient (Wildman–Crippen LogP) is 5.15. The zero-order chi connectivity index (χ0) is 18.7. The molecule has 0 amide bonds. The molecule has 1 aliphatic heterocycles. The number of benzene rings is 2. The minimum atomic E-state index is -4.34. The van der Waals surface area contributed by atoms with E-state index in [2.05, 4.69) is 9.89 Å². The quantitative estimate of drug-likeness (QED) is 0.454. The van der Waals surface area contributed by atoms with E-state index in [0.29, 0.717) is 5.56 Å². The van der Waals surface area contributed by atoms with E-state index in [1.165, 1.54) is 29.4 Å². The van der Waals surface area contributed by atoms with Gasteiger partial charge >= 0.3 is 6.18 Å². The average Bonchev–Trinajstić information content (AvgIpc) is 2.62. The molecule has 0 fully saturated rings. The molecule has 0 bridgehead atoms. The van der Waals surface area contributed by atoms with Crippen LogP contribution in [0.1, 0.15) is 17.5 Å². The van der Waals surface area contributed by atoms with Crippen LogP contribution in [0, 0.1) is 5.41 Å². The number of hydrogen-bond acceptors (Lipinski definition) is 4. The van der Waals surface area contributed by atoms with Crippen molar-refractivity contribution in [3.05, 3.63) is 53.6 Å². The second-order valence-electron chi connectivity index (χ2n) is 6.00. The normalized spacial score (nSPS) is 14.9. The van der Waals surface area contributed by atoms with Crippen molar-refractivity contribution in [3.63, 3.8) is 0 Å². The summed E-state index contributed by atoms with van der Waals surface area (Å²) in [7, 11) is 1.99. The Kier molecular flexibility index (Phi) is 5.36. The lowest BCUT2D eigenvalue weighted by Crippen LogP contribution is -2.33. The number of alkyl halides is 3. The second kappa shape index (κ2) is 7.53. The van der Waals surface area contributed by atoms with Crippen LogP contribution in [0.15, 0.2) is 52.4 Å². The van der Waals surface area contributed by atoms with Gasteiger partial charge in [-0.1, -0.05) is 30.0 Å². The zero-order valence-electron chi connectivity index (χ0n) is 14.2. The first-order chi connectivity index (χ1) is 12.4. The van der Waals surface area contributed by atoms with Crippen LogP contribution < -0.4 is 0 Å². The highest BCUT2D eigenvalue weighted by Crippen LogP contribution is 2.33. The maximum atomic E-state index is 12.7. The van der Waals surface area contributed by atoms with Gasteiger partial charge in [0.25, 0.3) is 0 Å². The smallest absolute Gasteiger partial charge is 0.359 e. The molecule has 26 heavy (non-hydrogen) atoms. The van der Waals surface area contributed by atoms with Crippen LogP contribution in [0.4, 0.5) is 13.2 Å². The minimum absolute atomic E-state index is 0.662. The Morgan fingerprint density at radius 2 is 1.81 bits per heavy atom. The Morgan fingerprint density at radius 1 is 1.12 bits per heavy atom. The van der Waals surface area contributed by atoms with Crippen molar-refractivity contribution in [1.29, 1.82) is 5.41 Å². The standard InChI is InChI=1S/C19H18F3N3S/c1-25-10-2-9-24-18(25)16-8-5-14(11-17(16)26-12-23)13-3-6-15(7-4-13)19(20,21)22/h3-8,11-12,23H,2,9-10H2,1H3. The molecular weight excluding hydrogens is 359 g/mol. The van der Waals surface area contributed by atoms with Gasteiger partial charge in [-0.2, -0.15) is 13.2 Å². The number of amidine groups is 1. The van der Waals surface area contributed by atoms with Crippen molar-refractivity contribution in [2.75, 3.05) is 20.1 Å². The Balaban J connectivity index is 1.98. The molecule has 0 saturated carbocycles. The molecule has 0 radical (unpaired) electrons. The molecule has 1 N–H and O–H groups in total. The molecule has 1 heterocycles. The lowest BCUT2D eigenvalue weighted by Gasteiger charge is -2.26. The zero-order valence-corrected chi connectivity index (χ0v) is 15.0. The van der Waals surface area contributed by atoms with Crippen molar-refractivity contribution in [2.24, 2.45) is 4.99 Å². The summed E-state index contributed by atoms with van der Waals surface area (Å²) in [6.45, 7) is 1.70. The van der Waals surface area contributed by atoms with E-state index in [1.54, 1.807) is 0 Å². The number of halogens is 3. The van der Waals surface area contributed by atoms with Crippen LogP contribution in [-0.2, 0) is 6.18 Å². The van der Waals surface area contributed by atoms with Crippen LogP contribution in [0.25, 0.3) is 11.1 Å². The molecule has 0 aliphatic carbocycles. The Bertz CT molecular complexity index is 829. The minimum Gasteiger partial charge on any atom is -0.359 e. The largest absolute Gasteiger partial charge is 0.416 e. The third-order valence-electron chi connectivity index (χ3n) is 4.23. The Morgan fingerprint density at radius 3 is 2.42 bits per heavy atom. The first-order valence-electron chi connectivity index (χ1n) is 8.13. The maximum absolute atomic E-state index is 12.7. The third kappa shape index (κ3) is 3.93. The van der Waals surface area contributed by atoms with Gasteiger partial charge in [-0.15, -0.1) is 0 Å². The van der Waals surface area contributed by atoms with Gasteiger partial charge in [0.15, 0.2) is 0 Å². The number of aliphatic imine (C=N–C) groups is 1. The highest BCUT2D eigenvalue weighted by Gasteiger charge is 2.30. The lowest BCUT2D eigenvalue weighted by molar-refractivity contribution is -0.137. The fraction of sp³-hybridized carbons (Fsp3) is 0.263. The molecule has 3 nitrogen and oxygen atoms in total. The van der Waals surface area contributed by atoms with E-state index in [-0.39, 0.29) is 0 Å². The number of rotatable bonds is 4. The van der Waals surface area contributed by atoms with E-state index in [4.69, 9.17) is 5.41 Å². The van der Waals surface area contributed by atoms with Crippen molar-refractivity contribution in [2.45, 2.75) is 17.5 Å². The summed E-state index contributed by atoms with van der Waals surface area (Å²) in [6.07, 6.45) is -3.33. The fourth-order valence-electron chi connectivity index (χ4n) is 2.91. The van der Waals surface area contributed by atoms with Gasteiger partial charge in [-0.3, -0.25) is 4.99 Å².